The van der Waals surface area contributed by atoms with Crippen LogP contribution in [0.1, 0.15) is 34.5 Å². The Kier molecular flexibility index (Phi) is 4.77. The summed E-state index contributed by atoms with van der Waals surface area (Å²) < 4.78 is 0. The topological polar surface area (TPSA) is 51.4 Å². The smallest absolute Gasteiger partial charge is 0.251 e. The largest absolute Gasteiger partial charge is 0.358 e. The number of carbonyl (C=O) groups excluding carboxylic acids is 1. The number of likely N-dealkylation sites (N-methyl/N-ethyl adjacent to an activating group) is 1. The van der Waals surface area contributed by atoms with Crippen molar-refractivity contribution in [2.24, 2.45) is 0 Å². The van der Waals surface area contributed by atoms with Crippen molar-refractivity contribution in [2.75, 3.05) is 46.3 Å². The molecular weight excluding hydrogens is 312 g/mol. The van der Waals surface area contributed by atoms with Gasteiger partial charge in [0, 0.05) is 61.4 Å². The number of piperazine rings is 1. The van der Waals surface area contributed by atoms with E-state index in [-0.39, 0.29) is 5.91 Å². The van der Waals surface area contributed by atoms with Crippen LogP contribution >= 0.6 is 0 Å². The zero-order chi connectivity index (χ0) is 17.2. The first kappa shape index (κ1) is 16.6. The summed E-state index contributed by atoms with van der Waals surface area (Å²) in [6.07, 6.45) is 4.78. The summed E-state index contributed by atoms with van der Waals surface area (Å²) in [5, 5.41) is 4.33. The fraction of sp³-hybridized carbons (Fsp3) is 0.550. The molecule has 1 aliphatic carbocycles. The van der Waals surface area contributed by atoms with Crippen LogP contribution in [0.5, 0.6) is 0 Å². The van der Waals surface area contributed by atoms with Crippen molar-refractivity contribution in [3.8, 4) is 0 Å². The lowest BCUT2D eigenvalue weighted by molar-refractivity contribution is 0.0941. The Morgan fingerprint density at radius 2 is 1.96 bits per heavy atom. The quantitative estimate of drug-likeness (QED) is 0.895. The van der Waals surface area contributed by atoms with Gasteiger partial charge in [0.2, 0.25) is 0 Å². The van der Waals surface area contributed by atoms with Gasteiger partial charge in [0.05, 0.1) is 0 Å². The van der Waals surface area contributed by atoms with E-state index in [2.05, 4.69) is 39.3 Å². The number of hydrogen-bond acceptors (Lipinski definition) is 3. The summed E-state index contributed by atoms with van der Waals surface area (Å²) in [7, 11) is 2.16. The highest BCUT2D eigenvalue weighted by molar-refractivity contribution is 5.99. The van der Waals surface area contributed by atoms with E-state index in [1.54, 1.807) is 0 Å². The highest BCUT2D eigenvalue weighted by Crippen LogP contribution is 2.29. The fourth-order valence-electron chi connectivity index (χ4n) is 4.05. The van der Waals surface area contributed by atoms with Gasteiger partial charge >= 0.3 is 0 Å². The number of aryl methyl sites for hydroxylation is 2. The van der Waals surface area contributed by atoms with Crippen molar-refractivity contribution in [2.45, 2.75) is 25.7 Å². The van der Waals surface area contributed by atoms with E-state index in [9.17, 15) is 4.79 Å². The molecule has 0 unspecified atom stereocenters. The molecule has 0 atom stereocenters. The molecule has 1 fully saturated rings. The third kappa shape index (κ3) is 3.58. The van der Waals surface area contributed by atoms with Crippen LogP contribution in [0, 0.1) is 0 Å². The zero-order valence-electron chi connectivity index (χ0n) is 15.1. The van der Waals surface area contributed by atoms with Gasteiger partial charge in [0.15, 0.2) is 0 Å². The predicted octanol–water partition coefficient (Wildman–Crippen LogP) is 2.02. The number of nitrogens with zero attached hydrogens (tertiary/aromatic N) is 2. The van der Waals surface area contributed by atoms with Gasteiger partial charge in [-0.05, 0) is 56.5 Å². The second-order valence-corrected chi connectivity index (χ2v) is 7.45. The van der Waals surface area contributed by atoms with E-state index in [4.69, 9.17) is 0 Å². The number of aromatic nitrogens is 1. The van der Waals surface area contributed by atoms with Crippen LogP contribution in [-0.4, -0.2) is 67.0 Å². The molecule has 1 aliphatic heterocycles. The van der Waals surface area contributed by atoms with Crippen molar-refractivity contribution in [3.05, 3.63) is 35.0 Å². The Morgan fingerprint density at radius 1 is 1.16 bits per heavy atom. The highest BCUT2D eigenvalue weighted by Gasteiger charge is 2.17. The Bertz CT molecular complexity index is 758. The molecular formula is C20H28N4O. The van der Waals surface area contributed by atoms with Crippen LogP contribution in [0.25, 0.3) is 10.9 Å². The number of carbonyl (C=O) groups is 1. The van der Waals surface area contributed by atoms with E-state index in [0.29, 0.717) is 6.54 Å². The normalized spacial score (nSPS) is 19.1. The van der Waals surface area contributed by atoms with E-state index in [1.165, 1.54) is 35.0 Å². The molecule has 2 aromatic rings. The number of fused-ring (bicyclic) bond motifs is 3. The third-order valence-corrected chi connectivity index (χ3v) is 5.67. The number of amides is 1. The number of rotatable bonds is 4. The molecule has 0 spiro atoms. The van der Waals surface area contributed by atoms with E-state index >= 15 is 0 Å². The van der Waals surface area contributed by atoms with Crippen molar-refractivity contribution >= 4 is 16.8 Å². The lowest BCUT2D eigenvalue weighted by Crippen LogP contribution is -2.46. The molecule has 0 saturated carbocycles. The van der Waals surface area contributed by atoms with Crippen molar-refractivity contribution in [1.29, 1.82) is 0 Å². The predicted molar refractivity (Wildman–Crippen MR) is 101 cm³/mol. The van der Waals surface area contributed by atoms with Gasteiger partial charge in [-0.2, -0.15) is 0 Å². The van der Waals surface area contributed by atoms with E-state index in [1.807, 2.05) is 6.07 Å². The third-order valence-electron chi connectivity index (χ3n) is 5.67. The fourth-order valence-corrected chi connectivity index (χ4v) is 4.05. The minimum Gasteiger partial charge on any atom is -0.358 e. The molecule has 5 nitrogen and oxygen atoms in total. The van der Waals surface area contributed by atoms with E-state index < -0.39 is 0 Å². The van der Waals surface area contributed by atoms with Gasteiger partial charge in [-0.3, -0.25) is 9.69 Å². The molecule has 1 saturated heterocycles. The molecule has 25 heavy (non-hydrogen) atoms. The first-order valence-electron chi connectivity index (χ1n) is 9.53. The molecule has 5 heteroatoms. The molecule has 0 radical (unpaired) electrons. The Labute approximate surface area is 149 Å². The highest BCUT2D eigenvalue weighted by atomic mass is 16.1. The first-order valence-corrected chi connectivity index (χ1v) is 9.53. The summed E-state index contributed by atoms with van der Waals surface area (Å²) in [4.78, 5) is 20.8. The van der Waals surface area contributed by atoms with Crippen molar-refractivity contribution < 1.29 is 4.79 Å². The molecule has 1 amide bonds. The Morgan fingerprint density at radius 3 is 2.80 bits per heavy atom. The minimum absolute atomic E-state index is 0.0433. The lowest BCUT2D eigenvalue weighted by atomic mass is 9.95. The number of aromatic amines is 1. The van der Waals surface area contributed by atoms with Crippen LogP contribution in [0.4, 0.5) is 0 Å². The van der Waals surface area contributed by atoms with Crippen molar-refractivity contribution in [3.63, 3.8) is 0 Å². The monoisotopic (exact) mass is 340 g/mol. The Hall–Kier alpha value is -1.85. The van der Waals surface area contributed by atoms with Crippen LogP contribution < -0.4 is 5.32 Å². The summed E-state index contributed by atoms with van der Waals surface area (Å²) in [6, 6.07) is 6.07. The molecule has 2 aliphatic rings. The summed E-state index contributed by atoms with van der Waals surface area (Å²) >= 11 is 0. The van der Waals surface area contributed by atoms with Crippen molar-refractivity contribution in [1.82, 2.24) is 20.1 Å². The average Bonchev–Trinajstić information content (AvgIpc) is 3.01. The molecule has 1 aromatic carbocycles. The lowest BCUT2D eigenvalue weighted by Gasteiger charge is -2.32. The van der Waals surface area contributed by atoms with Crippen LogP contribution in [0.2, 0.25) is 0 Å². The summed E-state index contributed by atoms with van der Waals surface area (Å²) in [5.41, 5.74) is 4.74. The van der Waals surface area contributed by atoms with Gasteiger partial charge in [-0.1, -0.05) is 0 Å². The molecule has 2 heterocycles. The maximum absolute atomic E-state index is 12.5. The number of hydrogen-bond donors (Lipinski definition) is 2. The SMILES string of the molecule is CN1CCN(CCNC(=O)c2ccc3[nH]c4c(c3c2)CCCC4)CC1. The van der Waals surface area contributed by atoms with Crippen LogP contribution in [0.15, 0.2) is 18.2 Å². The average molecular weight is 340 g/mol. The zero-order valence-corrected chi connectivity index (χ0v) is 15.1. The van der Waals surface area contributed by atoms with Gasteiger partial charge in [-0.25, -0.2) is 0 Å². The number of H-pyrrole nitrogens is 1. The summed E-state index contributed by atoms with van der Waals surface area (Å²) in [5.74, 6) is 0.0433. The number of benzene rings is 1. The van der Waals surface area contributed by atoms with Gasteiger partial charge in [-0.15, -0.1) is 0 Å². The standard InChI is InChI=1S/C20H28N4O/c1-23-10-12-24(13-11-23)9-8-21-20(25)15-6-7-19-17(14-15)16-4-2-3-5-18(16)22-19/h6-7,14,22H,2-5,8-13H2,1H3,(H,21,25). The van der Waals surface area contributed by atoms with Gasteiger partial charge in [0.1, 0.15) is 0 Å². The Balaban J connectivity index is 1.38. The number of nitrogens with one attached hydrogen (secondary N) is 2. The van der Waals surface area contributed by atoms with Crippen LogP contribution in [-0.2, 0) is 12.8 Å². The van der Waals surface area contributed by atoms with Gasteiger partial charge < -0.3 is 15.2 Å². The molecule has 2 N–H and O–H groups in total. The second kappa shape index (κ2) is 7.18. The van der Waals surface area contributed by atoms with Gasteiger partial charge in [0.25, 0.3) is 5.91 Å². The molecule has 4 rings (SSSR count). The summed E-state index contributed by atoms with van der Waals surface area (Å²) in [6.45, 7) is 6.06. The minimum atomic E-state index is 0.0433. The molecule has 0 bridgehead atoms. The van der Waals surface area contributed by atoms with E-state index in [0.717, 1.165) is 51.1 Å². The molecule has 134 valence electrons. The van der Waals surface area contributed by atoms with Crippen LogP contribution in [0.3, 0.4) is 0 Å². The maximum Gasteiger partial charge on any atom is 0.251 e. The first-order chi connectivity index (χ1) is 12.2. The second-order valence-electron chi connectivity index (χ2n) is 7.45. The molecule has 1 aromatic heterocycles. The maximum atomic E-state index is 12.5.